The number of aryl methyl sites for hydroxylation is 1. The maximum atomic E-state index is 12.8. The lowest BCUT2D eigenvalue weighted by atomic mass is 9.97. The monoisotopic (exact) mass is 435 g/mol. The zero-order chi connectivity index (χ0) is 22.0. The highest BCUT2D eigenvalue weighted by Gasteiger charge is 2.19. The number of benzene rings is 2. The molecule has 1 N–H and O–H groups in total. The van der Waals surface area contributed by atoms with E-state index in [1.165, 1.54) is 16.3 Å². The highest BCUT2D eigenvalue weighted by molar-refractivity contribution is 7.99. The molecular formula is C23H25N5O2S. The van der Waals surface area contributed by atoms with Gasteiger partial charge in [-0.1, -0.05) is 68.1 Å². The van der Waals surface area contributed by atoms with Crippen LogP contribution in [0.5, 0.6) is 0 Å². The smallest absolute Gasteiger partial charge is 0.262 e. The van der Waals surface area contributed by atoms with E-state index >= 15 is 0 Å². The normalized spacial score (nSPS) is 12.5. The minimum Gasteiger partial charge on any atom is -0.349 e. The van der Waals surface area contributed by atoms with Crippen LogP contribution in [0, 0.1) is 5.92 Å². The Hall–Kier alpha value is -3.13. The van der Waals surface area contributed by atoms with Crippen molar-refractivity contribution in [3.8, 4) is 0 Å². The summed E-state index contributed by atoms with van der Waals surface area (Å²) in [6.45, 7) is 4.29. The van der Waals surface area contributed by atoms with E-state index < -0.39 is 0 Å². The quantitative estimate of drug-likeness (QED) is 0.449. The zero-order valence-electron chi connectivity index (χ0n) is 17.8. The average molecular weight is 436 g/mol. The number of hydrogen-bond acceptors (Lipinski definition) is 5. The van der Waals surface area contributed by atoms with Gasteiger partial charge in [-0.15, -0.1) is 10.2 Å². The fourth-order valence-corrected chi connectivity index (χ4v) is 4.46. The number of carbonyl (C=O) groups is 1. The van der Waals surface area contributed by atoms with Gasteiger partial charge in [-0.3, -0.25) is 18.6 Å². The molecule has 0 saturated heterocycles. The van der Waals surface area contributed by atoms with Crippen LogP contribution in [-0.4, -0.2) is 30.8 Å². The van der Waals surface area contributed by atoms with Crippen molar-refractivity contribution in [2.45, 2.75) is 31.5 Å². The predicted octanol–water partition coefficient (Wildman–Crippen LogP) is 3.58. The second-order valence-electron chi connectivity index (χ2n) is 7.95. The van der Waals surface area contributed by atoms with E-state index in [0.29, 0.717) is 22.2 Å². The van der Waals surface area contributed by atoms with E-state index in [0.717, 1.165) is 17.5 Å². The summed E-state index contributed by atoms with van der Waals surface area (Å²) in [6.07, 6.45) is 0.862. The van der Waals surface area contributed by atoms with Crippen LogP contribution in [0.25, 0.3) is 16.7 Å². The predicted molar refractivity (Wildman–Crippen MR) is 123 cm³/mol. The lowest BCUT2D eigenvalue weighted by Gasteiger charge is -2.21. The summed E-state index contributed by atoms with van der Waals surface area (Å²) in [5, 5.41) is 12.7. The van der Waals surface area contributed by atoms with Crippen molar-refractivity contribution in [1.29, 1.82) is 0 Å². The number of nitrogens with one attached hydrogen (secondary N) is 1. The molecule has 2 heterocycles. The number of rotatable bonds is 7. The van der Waals surface area contributed by atoms with Crippen molar-refractivity contribution in [3.63, 3.8) is 0 Å². The summed E-state index contributed by atoms with van der Waals surface area (Å²) in [5.41, 5.74) is 1.71. The standard InChI is InChI=1S/C23H25N5O2S/c1-15(2)13-18(16-9-5-4-6-10-16)24-20(29)14-31-23-26-25-22-27(3)21(30)17-11-7-8-12-19(17)28(22)23/h4-12,15,18H,13-14H2,1-3H3,(H,24,29). The Morgan fingerprint density at radius 2 is 1.77 bits per heavy atom. The summed E-state index contributed by atoms with van der Waals surface area (Å²) < 4.78 is 3.31. The molecule has 0 aliphatic carbocycles. The van der Waals surface area contributed by atoms with Gasteiger partial charge in [0.2, 0.25) is 11.7 Å². The van der Waals surface area contributed by atoms with Crippen LogP contribution in [0.2, 0.25) is 0 Å². The molecule has 0 bridgehead atoms. The fourth-order valence-electron chi connectivity index (χ4n) is 3.71. The third-order valence-electron chi connectivity index (χ3n) is 5.17. The van der Waals surface area contributed by atoms with Gasteiger partial charge in [0.15, 0.2) is 5.16 Å². The van der Waals surface area contributed by atoms with Gasteiger partial charge in [-0.2, -0.15) is 0 Å². The van der Waals surface area contributed by atoms with Gasteiger partial charge in [0.1, 0.15) is 0 Å². The molecule has 4 rings (SSSR count). The summed E-state index contributed by atoms with van der Waals surface area (Å²) >= 11 is 1.31. The lowest BCUT2D eigenvalue weighted by molar-refractivity contribution is -0.119. The summed E-state index contributed by atoms with van der Waals surface area (Å²) in [6, 6.07) is 17.4. The topological polar surface area (TPSA) is 81.3 Å². The van der Waals surface area contributed by atoms with E-state index in [2.05, 4.69) is 29.4 Å². The summed E-state index contributed by atoms with van der Waals surface area (Å²) in [5.74, 6) is 1.05. The number of hydrogen-bond donors (Lipinski definition) is 1. The van der Waals surface area contributed by atoms with Crippen LogP contribution >= 0.6 is 11.8 Å². The van der Waals surface area contributed by atoms with E-state index in [1.807, 2.05) is 52.9 Å². The van der Waals surface area contributed by atoms with E-state index in [-0.39, 0.29) is 23.3 Å². The Bertz CT molecular complexity index is 1280. The van der Waals surface area contributed by atoms with Gasteiger partial charge in [-0.05, 0) is 30.0 Å². The number of nitrogens with zero attached hydrogens (tertiary/aromatic N) is 4. The van der Waals surface area contributed by atoms with Crippen LogP contribution in [-0.2, 0) is 11.8 Å². The fraction of sp³-hybridized carbons (Fsp3) is 0.304. The molecule has 0 aliphatic heterocycles. The molecule has 160 valence electrons. The van der Waals surface area contributed by atoms with Crippen molar-refractivity contribution < 1.29 is 4.79 Å². The molecule has 2 aromatic heterocycles. The number of amides is 1. The van der Waals surface area contributed by atoms with E-state index in [1.54, 1.807) is 13.1 Å². The van der Waals surface area contributed by atoms with Crippen LogP contribution in [0.3, 0.4) is 0 Å². The number of para-hydroxylation sites is 1. The number of carbonyl (C=O) groups excluding carboxylic acids is 1. The van der Waals surface area contributed by atoms with Gasteiger partial charge in [0.05, 0.1) is 22.7 Å². The molecule has 1 amide bonds. The third kappa shape index (κ3) is 4.34. The van der Waals surface area contributed by atoms with Crippen LogP contribution in [0.15, 0.2) is 64.5 Å². The molecule has 0 radical (unpaired) electrons. The van der Waals surface area contributed by atoms with Crippen molar-refractivity contribution in [2.75, 3.05) is 5.75 Å². The van der Waals surface area contributed by atoms with Crippen molar-refractivity contribution >= 4 is 34.3 Å². The largest absolute Gasteiger partial charge is 0.349 e. The highest BCUT2D eigenvalue weighted by Crippen LogP contribution is 2.23. The average Bonchev–Trinajstić information content (AvgIpc) is 3.20. The van der Waals surface area contributed by atoms with Crippen molar-refractivity contribution in [1.82, 2.24) is 24.5 Å². The molecule has 2 aromatic carbocycles. The second kappa shape index (κ2) is 8.93. The Balaban J connectivity index is 1.56. The van der Waals surface area contributed by atoms with E-state index in [9.17, 15) is 9.59 Å². The molecule has 7 nitrogen and oxygen atoms in total. The molecule has 1 unspecified atom stereocenters. The first-order valence-electron chi connectivity index (χ1n) is 10.3. The molecule has 31 heavy (non-hydrogen) atoms. The minimum atomic E-state index is -0.121. The van der Waals surface area contributed by atoms with Crippen LogP contribution in [0.4, 0.5) is 0 Å². The molecule has 1 atom stereocenters. The Labute approximate surface area is 184 Å². The Kier molecular flexibility index (Phi) is 6.08. The van der Waals surface area contributed by atoms with Gasteiger partial charge in [0, 0.05) is 7.05 Å². The van der Waals surface area contributed by atoms with Gasteiger partial charge in [0.25, 0.3) is 5.56 Å². The van der Waals surface area contributed by atoms with Crippen LogP contribution in [0.1, 0.15) is 31.9 Å². The van der Waals surface area contributed by atoms with Crippen molar-refractivity contribution in [2.24, 2.45) is 13.0 Å². The first kappa shape index (κ1) is 21.1. The Morgan fingerprint density at radius 1 is 1.06 bits per heavy atom. The first-order valence-corrected chi connectivity index (χ1v) is 11.2. The SMILES string of the molecule is CC(C)CC(NC(=O)CSc1nnc2n(C)c(=O)c3ccccc3n12)c1ccccc1. The summed E-state index contributed by atoms with van der Waals surface area (Å²) in [7, 11) is 1.68. The molecule has 0 spiro atoms. The molecule has 8 heteroatoms. The highest BCUT2D eigenvalue weighted by atomic mass is 32.2. The molecule has 0 fully saturated rings. The molecular weight excluding hydrogens is 410 g/mol. The number of fused-ring (bicyclic) bond motifs is 3. The summed E-state index contributed by atoms with van der Waals surface area (Å²) in [4.78, 5) is 25.4. The number of thioether (sulfide) groups is 1. The molecule has 0 aliphatic rings. The third-order valence-corrected chi connectivity index (χ3v) is 6.10. The first-order chi connectivity index (χ1) is 15.0. The van der Waals surface area contributed by atoms with Gasteiger partial charge in [-0.25, -0.2) is 0 Å². The van der Waals surface area contributed by atoms with Gasteiger partial charge >= 0.3 is 0 Å². The Morgan fingerprint density at radius 3 is 2.52 bits per heavy atom. The van der Waals surface area contributed by atoms with E-state index in [4.69, 9.17) is 0 Å². The van der Waals surface area contributed by atoms with Crippen molar-refractivity contribution in [3.05, 3.63) is 70.5 Å². The zero-order valence-corrected chi connectivity index (χ0v) is 18.6. The minimum absolute atomic E-state index is 0.0360. The maximum Gasteiger partial charge on any atom is 0.262 e. The lowest BCUT2D eigenvalue weighted by Crippen LogP contribution is -2.31. The number of aromatic nitrogens is 4. The second-order valence-corrected chi connectivity index (χ2v) is 8.89. The molecule has 0 saturated carbocycles. The molecule has 4 aromatic rings. The maximum absolute atomic E-state index is 12.8. The van der Waals surface area contributed by atoms with Crippen LogP contribution < -0.4 is 10.9 Å². The van der Waals surface area contributed by atoms with Gasteiger partial charge < -0.3 is 5.32 Å².